The lowest BCUT2D eigenvalue weighted by Gasteiger charge is -2.36. The summed E-state index contributed by atoms with van der Waals surface area (Å²) in [5.74, 6) is 0. The fraction of sp³-hybridized carbons (Fsp3) is 1.00. The van der Waals surface area contributed by atoms with Gasteiger partial charge < -0.3 is 5.32 Å². The monoisotopic (exact) mass is 206 g/mol. The lowest BCUT2D eigenvalue weighted by Crippen LogP contribution is -2.28. The van der Waals surface area contributed by atoms with Crippen molar-refractivity contribution in [3.05, 3.63) is 0 Å². The molecule has 0 saturated carbocycles. The minimum absolute atomic E-state index is 0.881. The number of hydrogen-bond donors (Lipinski definition) is 1. The molecule has 0 unspecified atom stereocenters. The lowest BCUT2D eigenvalue weighted by atomic mass is 10.8. The Labute approximate surface area is 82.5 Å². The summed E-state index contributed by atoms with van der Waals surface area (Å²) in [6.45, 7) is 2.98. The van der Waals surface area contributed by atoms with Crippen LogP contribution in [0, 0.1) is 0 Å². The van der Waals surface area contributed by atoms with Crippen LogP contribution in [-0.2, 0) is 0 Å². The van der Waals surface area contributed by atoms with E-state index in [0.717, 1.165) is 12.8 Å². The molecule has 0 spiro atoms. The van der Waals surface area contributed by atoms with Gasteiger partial charge in [-0.25, -0.2) is 0 Å². The van der Waals surface area contributed by atoms with Crippen LogP contribution in [0.5, 0.6) is 0 Å². The second-order valence-electron chi connectivity index (χ2n) is 3.36. The van der Waals surface area contributed by atoms with Crippen molar-refractivity contribution in [3.63, 3.8) is 0 Å². The largest absolute Gasteiger partial charge is 0.312 e. The molecule has 0 amide bonds. The first-order chi connectivity index (χ1) is 6.01. The molecule has 0 atom stereocenters. The van der Waals surface area contributed by atoms with Crippen LogP contribution < -0.4 is 5.32 Å². The van der Waals surface area contributed by atoms with Crippen molar-refractivity contribution in [2.24, 2.45) is 4.74 Å². The van der Waals surface area contributed by atoms with E-state index in [2.05, 4.69) is 49.8 Å². The Morgan fingerprint density at radius 3 is 1.85 bits per heavy atom. The first-order valence-corrected chi connectivity index (χ1v) is 6.41. The highest BCUT2D eigenvalue weighted by atomic mass is 31.2. The van der Waals surface area contributed by atoms with E-state index in [-0.39, 0.29) is 0 Å². The van der Waals surface area contributed by atoms with Gasteiger partial charge in [-0.15, -0.1) is 0 Å². The molecular formula is C8H23N4P. The topological polar surface area (TPSA) is 30.9 Å². The molecule has 0 fully saturated rings. The average Bonchev–Trinajstić information content (AvgIpc) is 2.03. The molecule has 0 radical (unpaired) electrons. The van der Waals surface area contributed by atoms with Crippen LogP contribution >= 0.6 is 7.36 Å². The smallest absolute Gasteiger partial charge is 0.109 e. The molecule has 0 rings (SSSR count). The van der Waals surface area contributed by atoms with Gasteiger partial charge in [0.2, 0.25) is 0 Å². The van der Waals surface area contributed by atoms with Crippen molar-refractivity contribution >= 4 is 7.36 Å². The second kappa shape index (κ2) is 5.76. The van der Waals surface area contributed by atoms with Crippen molar-refractivity contribution in [1.29, 1.82) is 0 Å². The van der Waals surface area contributed by atoms with Crippen LogP contribution in [-0.4, -0.2) is 57.4 Å². The fourth-order valence-electron chi connectivity index (χ4n) is 1.38. The zero-order chi connectivity index (χ0) is 10.5. The van der Waals surface area contributed by atoms with E-state index in [1.54, 1.807) is 0 Å². The maximum absolute atomic E-state index is 4.74. The molecule has 0 saturated heterocycles. The van der Waals surface area contributed by atoms with Gasteiger partial charge in [-0.05, 0) is 42.2 Å². The maximum atomic E-state index is 4.74. The van der Waals surface area contributed by atoms with Crippen molar-refractivity contribution in [2.75, 3.05) is 48.1 Å². The molecule has 13 heavy (non-hydrogen) atoms. The Morgan fingerprint density at radius 1 is 1.15 bits per heavy atom. The quantitative estimate of drug-likeness (QED) is 0.689. The molecule has 0 bridgehead atoms. The van der Waals surface area contributed by atoms with Gasteiger partial charge in [-0.1, -0.05) is 0 Å². The molecule has 1 N–H and O–H groups in total. The summed E-state index contributed by atoms with van der Waals surface area (Å²) in [6.07, 6.45) is 0.945. The normalized spacial score (nSPS) is 12.6. The second-order valence-corrected chi connectivity index (χ2v) is 6.94. The van der Waals surface area contributed by atoms with Crippen molar-refractivity contribution in [1.82, 2.24) is 14.7 Å². The third-order valence-electron chi connectivity index (χ3n) is 2.02. The van der Waals surface area contributed by atoms with Gasteiger partial charge in [-0.3, -0.25) is 14.1 Å². The van der Waals surface area contributed by atoms with Crippen LogP contribution in [0.4, 0.5) is 0 Å². The van der Waals surface area contributed by atoms with Gasteiger partial charge >= 0.3 is 0 Å². The first kappa shape index (κ1) is 13.1. The molecule has 0 aliphatic heterocycles. The zero-order valence-corrected chi connectivity index (χ0v) is 10.6. The standard InChI is InChI=1S/C8H23N4P/c1-7-10-13(8-9-2,11(3)4)12(5)6/h9H,7-8H2,1-6H3. The van der Waals surface area contributed by atoms with Gasteiger partial charge in [0.15, 0.2) is 0 Å². The molecule has 0 aromatic carbocycles. The van der Waals surface area contributed by atoms with Crippen molar-refractivity contribution < 1.29 is 0 Å². The predicted molar refractivity (Wildman–Crippen MR) is 61.2 cm³/mol. The van der Waals surface area contributed by atoms with Crippen LogP contribution in [0.15, 0.2) is 4.74 Å². The Morgan fingerprint density at radius 2 is 1.62 bits per heavy atom. The van der Waals surface area contributed by atoms with Crippen LogP contribution in [0.1, 0.15) is 6.92 Å². The molecule has 0 aliphatic carbocycles. The summed E-state index contributed by atoms with van der Waals surface area (Å²) in [6, 6.07) is 0. The zero-order valence-electron chi connectivity index (χ0n) is 9.70. The number of nitrogens with zero attached hydrogens (tertiary/aromatic N) is 3. The van der Waals surface area contributed by atoms with E-state index in [0.29, 0.717) is 0 Å². The molecule has 5 heteroatoms. The summed E-state index contributed by atoms with van der Waals surface area (Å²) >= 11 is 0. The van der Waals surface area contributed by atoms with Gasteiger partial charge in [0.25, 0.3) is 0 Å². The van der Waals surface area contributed by atoms with Gasteiger partial charge in [0, 0.05) is 6.54 Å². The minimum atomic E-state index is -1.46. The summed E-state index contributed by atoms with van der Waals surface area (Å²) in [4.78, 5) is 0. The summed E-state index contributed by atoms with van der Waals surface area (Å²) < 4.78 is 9.23. The highest BCUT2D eigenvalue weighted by Crippen LogP contribution is 2.51. The third kappa shape index (κ3) is 3.06. The van der Waals surface area contributed by atoms with E-state index in [9.17, 15) is 0 Å². The SMILES string of the molecule is CCN=P(CNC)(N(C)C)N(C)C. The van der Waals surface area contributed by atoms with E-state index in [4.69, 9.17) is 4.74 Å². The molecule has 80 valence electrons. The van der Waals surface area contributed by atoms with Crippen LogP contribution in [0.25, 0.3) is 0 Å². The molecule has 0 heterocycles. The summed E-state index contributed by atoms with van der Waals surface area (Å²) in [5, 5.41) is 3.23. The predicted octanol–water partition coefficient (Wildman–Crippen LogP) is 1.34. The lowest BCUT2D eigenvalue weighted by molar-refractivity contribution is 0.550. The molecule has 0 aromatic heterocycles. The maximum Gasteiger partial charge on any atom is 0.109 e. The van der Waals surface area contributed by atoms with E-state index >= 15 is 0 Å². The number of hydrogen-bond acceptors (Lipinski definition) is 2. The summed E-state index contributed by atoms with van der Waals surface area (Å²) in [7, 11) is 8.93. The highest BCUT2D eigenvalue weighted by molar-refractivity contribution is 7.61. The van der Waals surface area contributed by atoms with Gasteiger partial charge in [0.1, 0.15) is 7.36 Å². The van der Waals surface area contributed by atoms with Crippen molar-refractivity contribution in [2.45, 2.75) is 6.92 Å². The van der Waals surface area contributed by atoms with Crippen LogP contribution in [0.2, 0.25) is 0 Å². The van der Waals surface area contributed by atoms with Gasteiger partial charge in [-0.2, -0.15) is 0 Å². The Balaban J connectivity index is 4.94. The van der Waals surface area contributed by atoms with E-state index in [1.165, 1.54) is 0 Å². The minimum Gasteiger partial charge on any atom is -0.312 e. The van der Waals surface area contributed by atoms with E-state index < -0.39 is 7.36 Å². The molecule has 0 aromatic rings. The number of nitrogens with one attached hydrogen (secondary N) is 1. The van der Waals surface area contributed by atoms with Crippen LogP contribution in [0.3, 0.4) is 0 Å². The van der Waals surface area contributed by atoms with E-state index in [1.807, 2.05) is 7.05 Å². The third-order valence-corrected chi connectivity index (χ3v) is 6.06. The Kier molecular flexibility index (Phi) is 5.81. The Bertz CT molecular complexity index is 177. The summed E-state index contributed by atoms with van der Waals surface area (Å²) in [5.41, 5.74) is 0. The van der Waals surface area contributed by atoms with Gasteiger partial charge in [0.05, 0.1) is 6.29 Å². The molecule has 0 aliphatic rings. The molecular weight excluding hydrogens is 183 g/mol. The Hall–Kier alpha value is 0.110. The van der Waals surface area contributed by atoms with Crippen molar-refractivity contribution in [3.8, 4) is 0 Å². The molecule has 4 nitrogen and oxygen atoms in total. The average molecular weight is 206 g/mol. The number of rotatable bonds is 5. The highest BCUT2D eigenvalue weighted by Gasteiger charge is 2.23. The fourth-order valence-corrected chi connectivity index (χ4v) is 4.15. The first-order valence-electron chi connectivity index (χ1n) is 4.58.